The molecule has 8 nitrogen and oxygen atoms in total. The van der Waals surface area contributed by atoms with Gasteiger partial charge in [-0.05, 0) is 43.1 Å². The third kappa shape index (κ3) is 5.84. The molecule has 0 amide bonds. The largest absolute Gasteiger partial charge is 0.491 e. The topological polar surface area (TPSA) is 82.8 Å². The predicted octanol–water partition coefficient (Wildman–Crippen LogP) is 5.77. The van der Waals surface area contributed by atoms with Gasteiger partial charge in [-0.3, -0.25) is 5.32 Å². The van der Waals surface area contributed by atoms with E-state index in [4.69, 9.17) is 19.3 Å². The molecule has 0 aliphatic carbocycles. The Morgan fingerprint density at radius 1 is 1.18 bits per heavy atom. The van der Waals surface area contributed by atoms with E-state index in [2.05, 4.69) is 15.6 Å². The number of thiazole rings is 1. The van der Waals surface area contributed by atoms with Crippen LogP contribution in [0.4, 0.5) is 17.6 Å². The molecule has 2 aliphatic rings. The van der Waals surface area contributed by atoms with Crippen molar-refractivity contribution in [2.75, 3.05) is 26.9 Å². The van der Waals surface area contributed by atoms with E-state index in [0.29, 0.717) is 38.3 Å². The van der Waals surface area contributed by atoms with Crippen molar-refractivity contribution in [2.45, 2.75) is 50.3 Å². The smallest absolute Gasteiger partial charge is 0.282 e. The first-order valence-corrected chi connectivity index (χ1v) is 13.1. The third-order valence-electron chi connectivity index (χ3n) is 6.53. The lowest BCUT2D eigenvalue weighted by Gasteiger charge is -2.30. The summed E-state index contributed by atoms with van der Waals surface area (Å²) in [4.78, 5) is 10.5. The van der Waals surface area contributed by atoms with E-state index >= 15 is 0 Å². The monoisotopic (exact) mass is 553 g/mol. The van der Waals surface area contributed by atoms with Crippen LogP contribution in [0.2, 0.25) is 0 Å². The zero-order chi connectivity index (χ0) is 26.6. The number of hydrogen-bond donors (Lipinski definition) is 1. The van der Waals surface area contributed by atoms with Crippen molar-refractivity contribution in [3.05, 3.63) is 63.4 Å². The van der Waals surface area contributed by atoms with Gasteiger partial charge >= 0.3 is 0 Å². The van der Waals surface area contributed by atoms with Gasteiger partial charge in [0, 0.05) is 24.8 Å². The number of ether oxygens (including phenoxy) is 2. The number of aromatic nitrogens is 3. The summed E-state index contributed by atoms with van der Waals surface area (Å²) in [5, 5.41) is 13.9. The Balaban J connectivity index is 1.24. The summed E-state index contributed by atoms with van der Waals surface area (Å²) < 4.78 is 65.0. The highest BCUT2D eigenvalue weighted by Gasteiger charge is 2.32. The molecule has 3 atom stereocenters. The summed E-state index contributed by atoms with van der Waals surface area (Å²) in [5.41, 5.74) is 1.20. The molecule has 0 radical (unpaired) electrons. The summed E-state index contributed by atoms with van der Waals surface area (Å²) in [6, 6.07) is 8.42. The number of halogens is 4. The number of rotatable bonds is 10. The second-order valence-electron chi connectivity index (χ2n) is 9.05. The highest BCUT2D eigenvalue weighted by Crippen LogP contribution is 2.37. The zero-order valence-electron chi connectivity index (χ0n) is 20.5. The van der Waals surface area contributed by atoms with Gasteiger partial charge in [0.15, 0.2) is 6.10 Å². The first-order chi connectivity index (χ1) is 18.4. The molecular formula is C25H27F4N5O3S. The molecule has 13 heteroatoms. The SMILES string of the molecule is COCCOc1cccc(C2CC(c3csc(C4CCNC(n5nc(C(F)F)cc5C(F)F)C4)n3)=NO2)c1. The van der Waals surface area contributed by atoms with Crippen molar-refractivity contribution >= 4 is 17.0 Å². The molecule has 2 aliphatic heterocycles. The van der Waals surface area contributed by atoms with Gasteiger partial charge in [0.05, 0.1) is 17.3 Å². The number of nitrogens with one attached hydrogen (secondary N) is 1. The van der Waals surface area contributed by atoms with Crippen LogP contribution in [0.5, 0.6) is 5.75 Å². The number of alkyl halides is 4. The second-order valence-corrected chi connectivity index (χ2v) is 9.94. The maximum atomic E-state index is 13.5. The van der Waals surface area contributed by atoms with Crippen LogP contribution in [-0.4, -0.2) is 47.3 Å². The summed E-state index contributed by atoms with van der Waals surface area (Å²) in [6.07, 6.45) is -5.04. The maximum Gasteiger partial charge on any atom is 0.282 e. The van der Waals surface area contributed by atoms with Crippen molar-refractivity contribution in [1.82, 2.24) is 20.1 Å². The molecule has 0 bridgehead atoms. The first-order valence-electron chi connectivity index (χ1n) is 12.2. The summed E-state index contributed by atoms with van der Waals surface area (Å²) in [5.74, 6) is 0.685. The lowest BCUT2D eigenvalue weighted by atomic mass is 9.96. The van der Waals surface area contributed by atoms with Crippen LogP contribution in [0.25, 0.3) is 0 Å². The quantitative estimate of drug-likeness (QED) is 0.254. The minimum Gasteiger partial charge on any atom is -0.491 e. The number of oxime groups is 1. The Hall–Kier alpha value is -3.03. The number of benzene rings is 1. The molecule has 1 N–H and O–H groups in total. The van der Waals surface area contributed by atoms with Crippen molar-refractivity contribution in [2.24, 2.45) is 5.16 Å². The van der Waals surface area contributed by atoms with Crippen molar-refractivity contribution < 1.29 is 31.9 Å². The molecular weight excluding hydrogens is 526 g/mol. The number of methoxy groups -OCH3 is 1. The van der Waals surface area contributed by atoms with E-state index in [9.17, 15) is 17.6 Å². The number of nitrogens with zero attached hydrogens (tertiary/aromatic N) is 4. The van der Waals surface area contributed by atoms with Crippen LogP contribution in [0, 0.1) is 0 Å². The van der Waals surface area contributed by atoms with Gasteiger partial charge in [-0.25, -0.2) is 27.2 Å². The lowest BCUT2D eigenvalue weighted by molar-refractivity contribution is 0.0853. The number of hydrogen-bond acceptors (Lipinski definition) is 8. The van der Waals surface area contributed by atoms with Crippen molar-refractivity contribution in [1.29, 1.82) is 0 Å². The average molecular weight is 554 g/mol. The third-order valence-corrected chi connectivity index (χ3v) is 7.54. The first kappa shape index (κ1) is 26.6. The summed E-state index contributed by atoms with van der Waals surface area (Å²) in [6.45, 7) is 1.46. The van der Waals surface area contributed by atoms with E-state index < -0.39 is 30.4 Å². The molecule has 0 spiro atoms. The van der Waals surface area contributed by atoms with E-state index in [-0.39, 0.29) is 12.0 Å². The molecule has 2 aromatic heterocycles. The van der Waals surface area contributed by atoms with Gasteiger partial charge in [-0.2, -0.15) is 5.10 Å². The van der Waals surface area contributed by atoms with Gasteiger partial charge < -0.3 is 14.3 Å². The Bertz CT molecular complexity index is 1270. The fraction of sp³-hybridized carbons (Fsp3) is 0.480. The highest BCUT2D eigenvalue weighted by molar-refractivity contribution is 7.10. The fourth-order valence-electron chi connectivity index (χ4n) is 4.62. The molecule has 204 valence electrons. The standard InChI is InChI=1S/C25H27F4N5O3S/c1-35-7-8-36-16-4-2-3-14(9-16)21-12-17(33-37-21)19-13-38-25(31-19)15-5-6-30-22(10-15)34-20(24(28)29)11-18(32-34)23(26)27/h2-4,9,11,13,15,21-24,30H,5-8,10,12H2,1H3. The van der Waals surface area contributed by atoms with Crippen LogP contribution < -0.4 is 10.1 Å². The Kier molecular flexibility index (Phi) is 8.24. The molecule has 3 aromatic rings. The Morgan fingerprint density at radius 2 is 2.05 bits per heavy atom. The van der Waals surface area contributed by atoms with Crippen LogP contribution in [0.3, 0.4) is 0 Å². The molecule has 3 unspecified atom stereocenters. The molecule has 5 rings (SSSR count). The summed E-state index contributed by atoms with van der Waals surface area (Å²) in [7, 11) is 1.62. The van der Waals surface area contributed by atoms with E-state index in [1.165, 1.54) is 11.3 Å². The minimum atomic E-state index is -2.92. The van der Waals surface area contributed by atoms with Crippen LogP contribution in [0.15, 0.2) is 40.9 Å². The van der Waals surface area contributed by atoms with Crippen LogP contribution >= 0.6 is 11.3 Å². The molecule has 1 aromatic carbocycles. The predicted molar refractivity (Wildman–Crippen MR) is 132 cm³/mol. The average Bonchev–Trinajstić information content (AvgIpc) is 3.69. The normalized spacial score (nSPS) is 21.7. The van der Waals surface area contributed by atoms with E-state index in [0.717, 1.165) is 39.2 Å². The van der Waals surface area contributed by atoms with Gasteiger partial charge in [0.2, 0.25) is 0 Å². The van der Waals surface area contributed by atoms with Crippen LogP contribution in [0.1, 0.15) is 78.0 Å². The molecule has 1 fully saturated rings. The fourth-order valence-corrected chi connectivity index (χ4v) is 5.59. The van der Waals surface area contributed by atoms with E-state index in [1.54, 1.807) is 7.11 Å². The maximum absolute atomic E-state index is 13.5. The highest BCUT2D eigenvalue weighted by atomic mass is 32.1. The Labute approximate surface area is 220 Å². The lowest BCUT2D eigenvalue weighted by Crippen LogP contribution is -2.36. The molecule has 1 saturated heterocycles. The van der Waals surface area contributed by atoms with Crippen molar-refractivity contribution in [3.63, 3.8) is 0 Å². The Morgan fingerprint density at radius 3 is 2.84 bits per heavy atom. The van der Waals surface area contributed by atoms with Gasteiger partial charge in [-0.1, -0.05) is 17.3 Å². The van der Waals surface area contributed by atoms with Gasteiger partial charge in [-0.15, -0.1) is 11.3 Å². The second kappa shape index (κ2) is 11.8. The zero-order valence-corrected chi connectivity index (χ0v) is 21.3. The summed E-state index contributed by atoms with van der Waals surface area (Å²) >= 11 is 1.47. The van der Waals surface area contributed by atoms with Crippen LogP contribution in [-0.2, 0) is 9.57 Å². The van der Waals surface area contributed by atoms with Gasteiger partial charge in [0.1, 0.15) is 35.6 Å². The minimum absolute atomic E-state index is 0.0376. The number of piperidine rings is 1. The van der Waals surface area contributed by atoms with E-state index in [1.807, 2.05) is 29.6 Å². The molecule has 0 saturated carbocycles. The molecule has 38 heavy (non-hydrogen) atoms. The van der Waals surface area contributed by atoms with Crippen molar-refractivity contribution in [3.8, 4) is 5.75 Å². The van der Waals surface area contributed by atoms with Gasteiger partial charge in [0.25, 0.3) is 12.9 Å². The molecule has 4 heterocycles.